The first kappa shape index (κ1) is 32.9. The van der Waals surface area contributed by atoms with E-state index in [1.807, 2.05) is 87.7 Å². The Hall–Kier alpha value is -2.30. The lowest BCUT2D eigenvalue weighted by Gasteiger charge is -2.23. The Labute approximate surface area is 244 Å². The van der Waals surface area contributed by atoms with Crippen molar-refractivity contribution in [2.75, 3.05) is 30.1 Å². The van der Waals surface area contributed by atoms with Gasteiger partial charge in [-0.25, -0.2) is 4.79 Å². The van der Waals surface area contributed by atoms with E-state index in [-0.39, 0.29) is 31.0 Å². The van der Waals surface area contributed by atoms with Gasteiger partial charge in [0.25, 0.3) is 0 Å². The summed E-state index contributed by atoms with van der Waals surface area (Å²) < 4.78 is 10.7. The zero-order valence-corrected chi connectivity index (χ0v) is 25.6. The average Bonchev–Trinajstić information content (AvgIpc) is 2.90. The van der Waals surface area contributed by atoms with Crippen LogP contribution in [0, 0.1) is 5.92 Å². The van der Waals surface area contributed by atoms with Gasteiger partial charge < -0.3 is 20.1 Å². The minimum atomic E-state index is -0.554. The molecule has 2 N–H and O–H groups in total. The van der Waals surface area contributed by atoms with Crippen LogP contribution >= 0.6 is 33.3 Å². The second-order valence-corrected chi connectivity index (χ2v) is 13.5. The maximum absolute atomic E-state index is 13.1. The van der Waals surface area contributed by atoms with E-state index in [2.05, 4.69) is 10.6 Å². The molecule has 0 saturated carbocycles. The van der Waals surface area contributed by atoms with Gasteiger partial charge in [-0.1, -0.05) is 82.3 Å². The summed E-state index contributed by atoms with van der Waals surface area (Å²) in [7, 11) is 3.22. The van der Waals surface area contributed by atoms with Crippen molar-refractivity contribution in [2.24, 2.45) is 5.92 Å². The topological polar surface area (TPSA) is 93.7 Å². The summed E-state index contributed by atoms with van der Waals surface area (Å²) in [6.45, 7) is 5.52. The second-order valence-electron chi connectivity index (χ2n) is 9.94. The van der Waals surface area contributed by atoms with Crippen LogP contribution in [-0.4, -0.2) is 59.7 Å². The fourth-order valence-electron chi connectivity index (χ4n) is 3.41. The lowest BCUT2D eigenvalue weighted by Crippen LogP contribution is -2.40. The van der Waals surface area contributed by atoms with Crippen LogP contribution < -0.4 is 10.6 Å². The lowest BCUT2D eigenvalue weighted by molar-refractivity contribution is -0.145. The fourth-order valence-corrected chi connectivity index (χ4v) is 6.53. The predicted octanol–water partition coefficient (Wildman–Crippen LogP) is 5.73. The number of thioether (sulfide) groups is 1. The molecule has 0 aliphatic rings. The van der Waals surface area contributed by atoms with E-state index in [4.69, 9.17) is 9.47 Å². The molecule has 2 unspecified atom stereocenters. The molecule has 10 heteroatoms. The first-order valence-corrected chi connectivity index (χ1v) is 16.8. The highest BCUT2D eigenvalue weighted by Crippen LogP contribution is 2.27. The van der Waals surface area contributed by atoms with Crippen molar-refractivity contribution in [3.63, 3.8) is 0 Å². The molecule has 0 bridgehead atoms. The van der Waals surface area contributed by atoms with Crippen LogP contribution in [0.2, 0.25) is 0 Å². The summed E-state index contributed by atoms with van der Waals surface area (Å²) in [5.41, 5.74) is 1.39. The largest absolute Gasteiger partial charge is 0.460 e. The summed E-state index contributed by atoms with van der Waals surface area (Å²) in [6.07, 6.45) is 3.01. The number of nitrogens with one attached hydrogen (secondary N) is 2. The monoisotopic (exact) mass is 592 g/mol. The molecular weight excluding hydrogens is 553 g/mol. The van der Waals surface area contributed by atoms with Gasteiger partial charge in [0.05, 0.1) is 5.92 Å². The lowest BCUT2D eigenvalue weighted by atomic mass is 10.0. The normalized spacial score (nSPS) is 12.7. The minimum absolute atomic E-state index is 0.0365. The second kappa shape index (κ2) is 18.1. The van der Waals surface area contributed by atoms with Crippen molar-refractivity contribution in [1.82, 2.24) is 10.6 Å². The number of carbonyl (C=O) groups is 3. The molecule has 0 radical (unpaired) electrons. The third-order valence-corrected chi connectivity index (χ3v) is 8.56. The summed E-state index contributed by atoms with van der Waals surface area (Å²) >= 11 is 1.73. The molecule has 2 aromatic carbocycles. The van der Waals surface area contributed by atoms with Crippen molar-refractivity contribution >= 4 is 51.3 Å². The number of carbonyl (C=O) groups excluding carboxylic acids is 3. The third kappa shape index (κ3) is 15.2. The smallest absolute Gasteiger partial charge is 0.407 e. The van der Waals surface area contributed by atoms with Gasteiger partial charge in [-0.15, -0.1) is 0 Å². The molecule has 0 fully saturated rings. The molecule has 214 valence electrons. The standard InChI is InChI=1S/C29H40N2O5S3/c1-29(2,3)36-28(34)31-25(15-16-37-4)21-39-38-20-24(17-22-11-7-5-8-12-22)27(33)30-18-26(32)35-19-23-13-9-6-10-14-23/h5-14,24-25H,15-21H2,1-4H3,(H,30,33)(H,31,34). The maximum atomic E-state index is 13.1. The van der Waals surface area contributed by atoms with E-state index in [0.29, 0.717) is 17.9 Å². The Balaban J connectivity index is 1.87. The van der Waals surface area contributed by atoms with E-state index in [9.17, 15) is 14.4 Å². The highest BCUT2D eigenvalue weighted by molar-refractivity contribution is 8.76. The van der Waals surface area contributed by atoms with E-state index in [1.165, 1.54) is 0 Å². The summed E-state index contributed by atoms with van der Waals surface area (Å²) in [6, 6.07) is 19.2. The molecule has 2 rings (SSSR count). The molecule has 0 saturated heterocycles. The molecule has 0 heterocycles. The Morgan fingerprint density at radius 1 is 0.897 bits per heavy atom. The molecular formula is C29H40N2O5S3. The average molecular weight is 593 g/mol. The fraction of sp³-hybridized carbons (Fsp3) is 0.483. The van der Waals surface area contributed by atoms with Gasteiger partial charge in [-0.05, 0) is 56.7 Å². The van der Waals surface area contributed by atoms with Crippen molar-refractivity contribution < 1.29 is 23.9 Å². The molecule has 0 spiro atoms. The first-order valence-electron chi connectivity index (χ1n) is 12.9. The molecule has 7 nitrogen and oxygen atoms in total. The zero-order valence-electron chi connectivity index (χ0n) is 23.1. The quantitative estimate of drug-likeness (QED) is 0.145. The highest BCUT2D eigenvalue weighted by Gasteiger charge is 2.22. The SMILES string of the molecule is CSCCC(CSSCC(Cc1ccccc1)C(=O)NCC(=O)OCc1ccccc1)NC(=O)OC(C)(C)C. The molecule has 2 aromatic rings. The van der Waals surface area contributed by atoms with Crippen LogP contribution in [-0.2, 0) is 32.1 Å². The van der Waals surface area contributed by atoms with Gasteiger partial charge in [-0.2, -0.15) is 11.8 Å². The summed E-state index contributed by atoms with van der Waals surface area (Å²) in [4.78, 5) is 37.5. The predicted molar refractivity (Wildman–Crippen MR) is 164 cm³/mol. The minimum Gasteiger partial charge on any atom is -0.460 e. The molecule has 2 amide bonds. The maximum Gasteiger partial charge on any atom is 0.407 e. The van der Waals surface area contributed by atoms with Crippen LogP contribution in [0.4, 0.5) is 4.79 Å². The van der Waals surface area contributed by atoms with Gasteiger partial charge in [0.15, 0.2) is 0 Å². The van der Waals surface area contributed by atoms with E-state index >= 15 is 0 Å². The van der Waals surface area contributed by atoms with Gasteiger partial charge in [-0.3, -0.25) is 9.59 Å². The van der Waals surface area contributed by atoms with Crippen molar-refractivity contribution in [3.05, 3.63) is 71.8 Å². The van der Waals surface area contributed by atoms with Crippen molar-refractivity contribution in [2.45, 2.75) is 51.9 Å². The number of hydrogen-bond donors (Lipinski definition) is 2. The van der Waals surface area contributed by atoms with Gasteiger partial charge in [0, 0.05) is 17.5 Å². The van der Waals surface area contributed by atoms with E-state index < -0.39 is 17.7 Å². The number of ether oxygens (including phenoxy) is 2. The van der Waals surface area contributed by atoms with Gasteiger partial charge in [0.2, 0.25) is 5.91 Å². The molecule has 0 aliphatic carbocycles. The summed E-state index contributed by atoms with van der Waals surface area (Å²) in [5, 5.41) is 5.73. The number of esters is 1. The third-order valence-electron chi connectivity index (χ3n) is 5.36. The highest BCUT2D eigenvalue weighted by atomic mass is 33.1. The van der Waals surface area contributed by atoms with Gasteiger partial charge in [0.1, 0.15) is 18.8 Å². The molecule has 39 heavy (non-hydrogen) atoms. The van der Waals surface area contributed by atoms with Crippen LogP contribution in [0.15, 0.2) is 60.7 Å². The molecule has 0 aromatic heterocycles. The number of rotatable bonds is 16. The zero-order chi connectivity index (χ0) is 28.5. The van der Waals surface area contributed by atoms with E-state index in [0.717, 1.165) is 23.3 Å². The van der Waals surface area contributed by atoms with Crippen molar-refractivity contribution in [3.8, 4) is 0 Å². The molecule has 0 aliphatic heterocycles. The Morgan fingerprint density at radius 2 is 1.51 bits per heavy atom. The number of alkyl carbamates (subject to hydrolysis) is 1. The van der Waals surface area contributed by atoms with Gasteiger partial charge >= 0.3 is 12.1 Å². The van der Waals surface area contributed by atoms with Crippen LogP contribution in [0.25, 0.3) is 0 Å². The summed E-state index contributed by atoms with van der Waals surface area (Å²) in [5.74, 6) is 1.19. The Bertz CT molecular complexity index is 1000. The Morgan fingerprint density at radius 3 is 2.13 bits per heavy atom. The first-order chi connectivity index (χ1) is 18.7. The number of amides is 2. The molecule has 2 atom stereocenters. The number of benzene rings is 2. The Kier molecular flexibility index (Phi) is 15.3. The van der Waals surface area contributed by atoms with Crippen LogP contribution in [0.5, 0.6) is 0 Å². The van der Waals surface area contributed by atoms with Crippen LogP contribution in [0.1, 0.15) is 38.3 Å². The van der Waals surface area contributed by atoms with E-state index in [1.54, 1.807) is 33.3 Å². The van der Waals surface area contributed by atoms with Crippen LogP contribution in [0.3, 0.4) is 0 Å². The van der Waals surface area contributed by atoms with Crippen molar-refractivity contribution in [1.29, 1.82) is 0 Å². The number of hydrogen-bond acceptors (Lipinski definition) is 8.